The van der Waals surface area contributed by atoms with Gasteiger partial charge in [-0.05, 0) is 47.4 Å². The van der Waals surface area contributed by atoms with Crippen LogP contribution in [0.5, 0.6) is 0 Å². The van der Waals surface area contributed by atoms with Gasteiger partial charge in [0, 0.05) is 23.4 Å². The average molecular weight is 664 g/mol. The van der Waals surface area contributed by atoms with Crippen LogP contribution in [-0.2, 0) is 24.6 Å². The molecule has 10 nitrogen and oxygen atoms in total. The number of fused-ring (bicyclic) bond motifs is 1. The van der Waals surface area contributed by atoms with Crippen molar-refractivity contribution in [1.29, 1.82) is 0 Å². The normalized spacial score (nSPS) is 20.3. The highest BCUT2D eigenvalue weighted by molar-refractivity contribution is 7.52. The number of nitrogens with one attached hydrogen (secondary N) is 1. The van der Waals surface area contributed by atoms with Crippen molar-refractivity contribution < 1.29 is 42.3 Å². The molecule has 3 aromatic rings. The van der Waals surface area contributed by atoms with Crippen LogP contribution in [-0.4, -0.2) is 75.7 Å². The van der Waals surface area contributed by atoms with E-state index in [1.54, 1.807) is 30.6 Å². The lowest BCUT2D eigenvalue weighted by molar-refractivity contribution is -0.151. The first kappa shape index (κ1) is 33.2. The van der Waals surface area contributed by atoms with Crippen molar-refractivity contribution in [3.8, 4) is 0 Å². The quantitative estimate of drug-likeness (QED) is 0.307. The fraction of sp³-hybridized carbons (Fsp3) is 0.452. The Bertz CT molecular complexity index is 1640. The van der Waals surface area contributed by atoms with Gasteiger partial charge in [0.2, 0.25) is 11.8 Å². The molecule has 0 aliphatic carbocycles. The molecule has 2 saturated heterocycles. The number of hydrogen-bond donors (Lipinski definition) is 3. The van der Waals surface area contributed by atoms with Crippen molar-refractivity contribution in [2.75, 3.05) is 26.3 Å². The second kappa shape index (κ2) is 12.5. The highest BCUT2D eigenvalue weighted by atomic mass is 32.1. The zero-order chi connectivity index (χ0) is 32.7. The number of alkyl halides is 2. The molecule has 0 radical (unpaired) electrons. The minimum atomic E-state index is -5.77. The SMILES string of the molecule is CC(C)(C)C(NC(=O)c1cc2cc(C(F)(F)P(=O)(O)O)ccc2s1)C(=O)N1CCCC1C(=O)N1CCOCC1c1ccccc1. The molecule has 3 unspecified atom stereocenters. The van der Waals surface area contributed by atoms with Crippen molar-refractivity contribution >= 4 is 46.7 Å². The van der Waals surface area contributed by atoms with Gasteiger partial charge in [-0.15, -0.1) is 11.3 Å². The van der Waals surface area contributed by atoms with Crippen LogP contribution in [0, 0.1) is 5.41 Å². The summed E-state index contributed by atoms with van der Waals surface area (Å²) in [6, 6.07) is 12.1. The van der Waals surface area contributed by atoms with E-state index in [2.05, 4.69) is 5.32 Å². The molecule has 242 valence electrons. The number of nitrogens with zero attached hydrogens (tertiary/aromatic N) is 2. The number of hydrogen-bond acceptors (Lipinski definition) is 6. The van der Waals surface area contributed by atoms with Gasteiger partial charge >= 0.3 is 13.3 Å². The van der Waals surface area contributed by atoms with Gasteiger partial charge < -0.3 is 29.6 Å². The van der Waals surface area contributed by atoms with Crippen LogP contribution < -0.4 is 5.32 Å². The first-order valence-corrected chi connectivity index (χ1v) is 17.0. The molecular formula is C31H36F2N3O7PS. The Balaban J connectivity index is 1.36. The third kappa shape index (κ3) is 6.69. The Kier molecular flexibility index (Phi) is 9.23. The Morgan fingerprint density at radius 1 is 1.04 bits per heavy atom. The molecule has 1 aromatic heterocycles. The lowest BCUT2D eigenvalue weighted by atomic mass is 9.85. The minimum absolute atomic E-state index is 0.136. The van der Waals surface area contributed by atoms with E-state index >= 15 is 0 Å². The molecular weight excluding hydrogens is 627 g/mol. The summed E-state index contributed by atoms with van der Waals surface area (Å²) < 4.78 is 46.1. The second-order valence-corrected chi connectivity index (χ2v) is 15.2. The molecule has 3 atom stereocenters. The van der Waals surface area contributed by atoms with E-state index in [4.69, 9.17) is 14.5 Å². The van der Waals surface area contributed by atoms with Crippen LogP contribution >= 0.6 is 18.9 Å². The van der Waals surface area contributed by atoms with Crippen LogP contribution in [0.1, 0.15) is 60.5 Å². The van der Waals surface area contributed by atoms with Gasteiger partial charge in [0.1, 0.15) is 12.1 Å². The predicted octanol–water partition coefficient (Wildman–Crippen LogP) is 4.86. The Morgan fingerprint density at radius 2 is 1.76 bits per heavy atom. The molecule has 45 heavy (non-hydrogen) atoms. The van der Waals surface area contributed by atoms with Crippen LogP contribution in [0.3, 0.4) is 0 Å². The van der Waals surface area contributed by atoms with Gasteiger partial charge in [0.05, 0.1) is 24.1 Å². The number of carbonyl (C=O) groups excluding carboxylic acids is 3. The van der Waals surface area contributed by atoms with Gasteiger partial charge in [0.15, 0.2) is 0 Å². The number of morpholine rings is 1. The summed E-state index contributed by atoms with van der Waals surface area (Å²) in [5.41, 5.74) is -5.05. The van der Waals surface area contributed by atoms with Gasteiger partial charge in [-0.1, -0.05) is 57.2 Å². The molecule has 2 aliphatic rings. The van der Waals surface area contributed by atoms with E-state index in [1.807, 2.05) is 30.3 Å². The fourth-order valence-electron chi connectivity index (χ4n) is 5.82. The Morgan fingerprint density at radius 3 is 2.42 bits per heavy atom. The number of amides is 3. The van der Waals surface area contributed by atoms with Crippen LogP contribution in [0.4, 0.5) is 8.78 Å². The van der Waals surface area contributed by atoms with Crippen molar-refractivity contribution in [2.24, 2.45) is 5.41 Å². The summed E-state index contributed by atoms with van der Waals surface area (Å²) in [5.74, 6) is -1.16. The van der Waals surface area contributed by atoms with E-state index in [1.165, 1.54) is 12.1 Å². The number of rotatable bonds is 7. The third-order valence-electron chi connectivity index (χ3n) is 8.26. The number of likely N-dealkylation sites (tertiary alicyclic amines) is 1. The fourth-order valence-corrected chi connectivity index (χ4v) is 7.25. The number of benzene rings is 2. The lowest BCUT2D eigenvalue weighted by Crippen LogP contribution is -2.58. The number of ether oxygens (including phenoxy) is 1. The molecule has 0 spiro atoms. The maximum Gasteiger partial charge on any atom is 0.399 e. The zero-order valence-electron chi connectivity index (χ0n) is 25.1. The molecule has 3 N–H and O–H groups in total. The third-order valence-corrected chi connectivity index (χ3v) is 10.4. The van der Waals surface area contributed by atoms with Crippen LogP contribution in [0.2, 0.25) is 0 Å². The molecule has 5 rings (SSSR count). The Hall–Kier alpha value is -3.22. The van der Waals surface area contributed by atoms with Crippen molar-refractivity contribution in [1.82, 2.24) is 15.1 Å². The number of thiophene rings is 1. The van der Waals surface area contributed by atoms with Gasteiger partial charge in [0.25, 0.3) is 5.91 Å². The van der Waals surface area contributed by atoms with E-state index < -0.39 is 42.2 Å². The smallest absolute Gasteiger partial charge is 0.377 e. The van der Waals surface area contributed by atoms with E-state index in [0.29, 0.717) is 43.8 Å². The van der Waals surface area contributed by atoms with Gasteiger partial charge in [-0.25, -0.2) is 0 Å². The van der Waals surface area contributed by atoms with Crippen molar-refractivity contribution in [2.45, 2.75) is 57.4 Å². The largest absolute Gasteiger partial charge is 0.399 e. The summed E-state index contributed by atoms with van der Waals surface area (Å²) in [5, 5.41) is 3.02. The van der Waals surface area contributed by atoms with Crippen LogP contribution in [0.15, 0.2) is 54.6 Å². The van der Waals surface area contributed by atoms with Gasteiger partial charge in [-0.2, -0.15) is 8.78 Å². The second-order valence-electron chi connectivity index (χ2n) is 12.4. The summed E-state index contributed by atoms with van der Waals surface area (Å²) in [7, 11) is -5.77. The maximum absolute atomic E-state index is 14.3. The predicted molar refractivity (Wildman–Crippen MR) is 165 cm³/mol. The van der Waals surface area contributed by atoms with E-state index in [9.17, 15) is 27.7 Å². The molecule has 0 saturated carbocycles. The molecule has 2 aliphatic heterocycles. The topological polar surface area (TPSA) is 136 Å². The molecule has 2 aromatic carbocycles. The lowest BCUT2D eigenvalue weighted by Gasteiger charge is -2.40. The standard InChI is InChI=1S/C31H36F2N3O7PS/c1-30(2,3)26(34-27(37)25-17-20-16-21(11-12-24(20)45-25)31(32,33)44(40,41)42)29(39)35-13-7-10-22(35)28(38)36-14-15-43-18-23(36)19-8-5-4-6-9-19/h4-6,8-9,11-12,16-17,22-23,26H,7,10,13-15,18H2,1-3H3,(H,34,37)(H2,40,41,42). The van der Waals surface area contributed by atoms with Crippen molar-refractivity contribution in [3.63, 3.8) is 0 Å². The molecule has 2 fully saturated rings. The molecule has 14 heteroatoms. The summed E-state index contributed by atoms with van der Waals surface area (Å²) in [4.78, 5) is 63.2. The minimum Gasteiger partial charge on any atom is -0.377 e. The first-order valence-electron chi connectivity index (χ1n) is 14.6. The average Bonchev–Trinajstić information content (AvgIpc) is 3.66. The highest BCUT2D eigenvalue weighted by Gasteiger charge is 2.50. The molecule has 3 amide bonds. The molecule has 3 heterocycles. The number of carbonyl (C=O) groups is 3. The molecule has 0 bridgehead atoms. The number of halogens is 2. The van der Waals surface area contributed by atoms with Gasteiger partial charge in [-0.3, -0.25) is 18.9 Å². The highest BCUT2D eigenvalue weighted by Crippen LogP contribution is 2.59. The zero-order valence-corrected chi connectivity index (χ0v) is 26.8. The monoisotopic (exact) mass is 663 g/mol. The first-order chi connectivity index (χ1) is 21.1. The van der Waals surface area contributed by atoms with Crippen molar-refractivity contribution in [3.05, 3.63) is 70.6 Å². The van der Waals surface area contributed by atoms with E-state index in [-0.39, 0.29) is 28.1 Å². The summed E-state index contributed by atoms with van der Waals surface area (Å²) in [6.45, 7) is 6.91. The maximum atomic E-state index is 14.3. The summed E-state index contributed by atoms with van der Waals surface area (Å²) >= 11 is 1.00. The Labute approximate surface area is 263 Å². The summed E-state index contributed by atoms with van der Waals surface area (Å²) in [6.07, 6.45) is 1.12. The van der Waals surface area contributed by atoms with Crippen LogP contribution in [0.25, 0.3) is 10.1 Å². The van der Waals surface area contributed by atoms with E-state index in [0.717, 1.165) is 29.0 Å².